The van der Waals surface area contributed by atoms with Crippen molar-refractivity contribution in [3.05, 3.63) is 29.3 Å². The molecule has 76 valence electrons. The van der Waals surface area contributed by atoms with Crippen LogP contribution in [0.5, 0.6) is 0 Å². The number of carboxylic acids is 1. The second kappa shape index (κ2) is 5.05. The molecule has 1 N–H and O–H groups in total. The third kappa shape index (κ3) is 2.77. The first-order valence-corrected chi connectivity index (χ1v) is 5.77. The second-order valence-electron chi connectivity index (χ2n) is 3.07. The van der Waals surface area contributed by atoms with Crippen LogP contribution >= 0.6 is 11.8 Å². The van der Waals surface area contributed by atoms with Crippen LogP contribution in [0.15, 0.2) is 23.1 Å². The summed E-state index contributed by atoms with van der Waals surface area (Å²) in [5, 5.41) is 8.74. The van der Waals surface area contributed by atoms with Crippen LogP contribution in [0.25, 0.3) is 0 Å². The Kier molecular flexibility index (Phi) is 4.01. The molecule has 0 bridgehead atoms. The first-order valence-electron chi connectivity index (χ1n) is 4.55. The highest BCUT2D eigenvalue weighted by atomic mass is 32.2. The fourth-order valence-electron chi connectivity index (χ4n) is 1.35. The Morgan fingerprint density at radius 2 is 2.21 bits per heavy atom. The van der Waals surface area contributed by atoms with Gasteiger partial charge in [0.25, 0.3) is 0 Å². The van der Waals surface area contributed by atoms with Crippen molar-refractivity contribution in [2.75, 3.05) is 6.26 Å². The number of carbonyl (C=O) groups is 1. The van der Waals surface area contributed by atoms with Gasteiger partial charge in [0, 0.05) is 4.90 Å². The van der Waals surface area contributed by atoms with Gasteiger partial charge in [0.15, 0.2) is 0 Å². The summed E-state index contributed by atoms with van der Waals surface area (Å²) in [6.45, 7) is 2.07. The molecule has 1 aromatic carbocycles. The fraction of sp³-hybridized carbons (Fsp3) is 0.364. The van der Waals surface area contributed by atoms with E-state index in [1.807, 2.05) is 18.4 Å². The largest absolute Gasteiger partial charge is 0.481 e. The molecule has 14 heavy (non-hydrogen) atoms. The summed E-state index contributed by atoms with van der Waals surface area (Å²) in [6.07, 6.45) is 3.03. The highest BCUT2D eigenvalue weighted by Gasteiger charge is 2.06. The van der Waals surface area contributed by atoms with Crippen LogP contribution in [0.1, 0.15) is 18.1 Å². The van der Waals surface area contributed by atoms with Crippen molar-refractivity contribution in [1.82, 2.24) is 0 Å². The van der Waals surface area contributed by atoms with Gasteiger partial charge >= 0.3 is 5.97 Å². The summed E-state index contributed by atoms with van der Waals surface area (Å²) in [7, 11) is 0. The lowest BCUT2D eigenvalue weighted by atomic mass is 10.1. The molecule has 0 radical (unpaired) electrons. The van der Waals surface area contributed by atoms with Gasteiger partial charge < -0.3 is 5.11 Å². The summed E-state index contributed by atoms with van der Waals surface area (Å²) in [4.78, 5) is 11.7. The van der Waals surface area contributed by atoms with Crippen molar-refractivity contribution in [3.8, 4) is 0 Å². The SMILES string of the molecule is CCc1ccc(SC)c(CC(=O)O)c1. The van der Waals surface area contributed by atoms with E-state index in [1.165, 1.54) is 5.56 Å². The van der Waals surface area contributed by atoms with Crippen molar-refractivity contribution in [3.63, 3.8) is 0 Å². The summed E-state index contributed by atoms with van der Waals surface area (Å²) in [6, 6.07) is 6.04. The third-order valence-corrected chi connectivity index (χ3v) is 2.93. The van der Waals surface area contributed by atoms with Crippen LogP contribution in [0, 0.1) is 0 Å². The molecule has 3 heteroatoms. The molecule has 1 aromatic rings. The Bertz CT molecular complexity index is 334. The molecule has 0 amide bonds. The van der Waals surface area contributed by atoms with E-state index in [0.29, 0.717) is 0 Å². The molecule has 0 spiro atoms. The average molecular weight is 210 g/mol. The topological polar surface area (TPSA) is 37.3 Å². The van der Waals surface area contributed by atoms with Crippen LogP contribution < -0.4 is 0 Å². The Labute approximate surface area is 88.3 Å². The molecule has 0 atom stereocenters. The van der Waals surface area contributed by atoms with E-state index >= 15 is 0 Å². The number of thioether (sulfide) groups is 1. The molecule has 0 saturated carbocycles. The Morgan fingerprint density at radius 3 is 2.71 bits per heavy atom. The predicted octanol–water partition coefficient (Wildman–Crippen LogP) is 2.60. The van der Waals surface area contributed by atoms with E-state index in [4.69, 9.17) is 5.11 Å². The molecule has 0 unspecified atom stereocenters. The van der Waals surface area contributed by atoms with Crippen LogP contribution in [-0.2, 0) is 17.6 Å². The minimum absolute atomic E-state index is 0.115. The van der Waals surface area contributed by atoms with Gasteiger partial charge in [-0.25, -0.2) is 0 Å². The monoisotopic (exact) mass is 210 g/mol. The molecule has 0 aliphatic carbocycles. The van der Waals surface area contributed by atoms with Gasteiger partial charge in [-0.15, -0.1) is 11.8 Å². The zero-order valence-corrected chi connectivity index (χ0v) is 9.23. The standard InChI is InChI=1S/C11H14O2S/c1-3-8-4-5-10(14-2)9(6-8)7-11(12)13/h4-6H,3,7H2,1-2H3,(H,12,13). The zero-order chi connectivity index (χ0) is 10.6. The van der Waals surface area contributed by atoms with Crippen LogP contribution in [0.3, 0.4) is 0 Å². The lowest BCUT2D eigenvalue weighted by molar-refractivity contribution is -0.136. The van der Waals surface area contributed by atoms with Gasteiger partial charge in [0.05, 0.1) is 6.42 Å². The Morgan fingerprint density at radius 1 is 1.50 bits per heavy atom. The molecule has 2 nitrogen and oxygen atoms in total. The lowest BCUT2D eigenvalue weighted by Crippen LogP contribution is -2.02. The van der Waals surface area contributed by atoms with E-state index < -0.39 is 5.97 Å². The summed E-state index contributed by atoms with van der Waals surface area (Å²) < 4.78 is 0. The molecule has 0 aromatic heterocycles. The van der Waals surface area contributed by atoms with Gasteiger partial charge in [-0.1, -0.05) is 19.1 Å². The van der Waals surface area contributed by atoms with Crippen LogP contribution in [0.2, 0.25) is 0 Å². The van der Waals surface area contributed by atoms with E-state index in [2.05, 4.69) is 13.0 Å². The number of carboxylic acid groups (broad SMARTS) is 1. The van der Waals surface area contributed by atoms with Crippen molar-refractivity contribution < 1.29 is 9.90 Å². The minimum Gasteiger partial charge on any atom is -0.481 e. The smallest absolute Gasteiger partial charge is 0.307 e. The molecule has 0 saturated heterocycles. The van der Waals surface area contributed by atoms with E-state index in [0.717, 1.165) is 16.9 Å². The number of benzene rings is 1. The number of hydrogen-bond acceptors (Lipinski definition) is 2. The Hall–Kier alpha value is -0.960. The summed E-state index contributed by atoms with van der Waals surface area (Å²) >= 11 is 1.59. The van der Waals surface area contributed by atoms with Crippen LogP contribution in [0.4, 0.5) is 0 Å². The minimum atomic E-state index is -0.770. The number of aryl methyl sites for hydroxylation is 1. The number of hydrogen-bond donors (Lipinski definition) is 1. The second-order valence-corrected chi connectivity index (χ2v) is 3.92. The van der Waals surface area contributed by atoms with Crippen molar-refractivity contribution in [1.29, 1.82) is 0 Å². The molecular formula is C11H14O2S. The van der Waals surface area contributed by atoms with Gasteiger partial charge in [0.2, 0.25) is 0 Å². The molecule has 0 aliphatic heterocycles. The fourth-order valence-corrected chi connectivity index (χ4v) is 1.95. The van der Waals surface area contributed by atoms with Crippen molar-refractivity contribution >= 4 is 17.7 Å². The van der Waals surface area contributed by atoms with Gasteiger partial charge in [-0.3, -0.25) is 4.79 Å². The summed E-state index contributed by atoms with van der Waals surface area (Å²) in [5.74, 6) is -0.770. The average Bonchev–Trinajstić information content (AvgIpc) is 2.16. The highest BCUT2D eigenvalue weighted by Crippen LogP contribution is 2.22. The van der Waals surface area contributed by atoms with Crippen molar-refractivity contribution in [2.45, 2.75) is 24.7 Å². The highest BCUT2D eigenvalue weighted by molar-refractivity contribution is 7.98. The number of rotatable bonds is 4. The molecule has 0 heterocycles. The lowest BCUT2D eigenvalue weighted by Gasteiger charge is -2.06. The summed E-state index contributed by atoms with van der Waals surface area (Å²) in [5.41, 5.74) is 2.11. The quantitative estimate of drug-likeness (QED) is 0.776. The van der Waals surface area contributed by atoms with Crippen LogP contribution in [-0.4, -0.2) is 17.3 Å². The predicted molar refractivity (Wildman–Crippen MR) is 58.9 cm³/mol. The van der Waals surface area contributed by atoms with Gasteiger partial charge in [-0.05, 0) is 29.9 Å². The zero-order valence-electron chi connectivity index (χ0n) is 8.41. The Balaban J connectivity index is 3.01. The maximum absolute atomic E-state index is 10.6. The maximum Gasteiger partial charge on any atom is 0.307 e. The number of aliphatic carboxylic acids is 1. The molecular weight excluding hydrogens is 196 g/mol. The van der Waals surface area contributed by atoms with Gasteiger partial charge in [0.1, 0.15) is 0 Å². The van der Waals surface area contributed by atoms with Crippen molar-refractivity contribution in [2.24, 2.45) is 0 Å². The van der Waals surface area contributed by atoms with E-state index in [1.54, 1.807) is 11.8 Å². The first kappa shape index (κ1) is 11.1. The molecule has 1 rings (SSSR count). The normalized spacial score (nSPS) is 10.1. The molecule has 0 fully saturated rings. The molecule has 0 aliphatic rings. The van der Waals surface area contributed by atoms with E-state index in [9.17, 15) is 4.79 Å². The third-order valence-electron chi connectivity index (χ3n) is 2.09. The maximum atomic E-state index is 10.6. The first-order chi connectivity index (χ1) is 6.67. The van der Waals surface area contributed by atoms with Gasteiger partial charge in [-0.2, -0.15) is 0 Å². The van der Waals surface area contributed by atoms with E-state index in [-0.39, 0.29) is 6.42 Å².